The fourth-order valence-electron chi connectivity index (χ4n) is 1.80. The zero-order chi connectivity index (χ0) is 11.7. The molecule has 0 spiro atoms. The second-order valence-electron chi connectivity index (χ2n) is 3.97. The first-order valence-corrected chi connectivity index (χ1v) is 5.56. The Bertz CT molecular complexity index is 424. The molecule has 1 aromatic carbocycles. The Morgan fingerprint density at radius 3 is 2.88 bits per heavy atom. The number of rotatable bonds is 1. The van der Waals surface area contributed by atoms with E-state index >= 15 is 0 Å². The Kier molecular flexibility index (Phi) is 3.16. The summed E-state index contributed by atoms with van der Waals surface area (Å²) in [6, 6.07) is 4.23. The van der Waals surface area contributed by atoms with E-state index in [2.05, 4.69) is 12.6 Å². The monoisotopic (exact) mass is 240 g/mol. The summed E-state index contributed by atoms with van der Waals surface area (Å²) >= 11 is 3.95. The smallest absolute Gasteiger partial charge is 0.253 e. The Labute approximate surface area is 98.8 Å². The largest absolute Gasteiger partial charge is 0.337 e. The predicted molar refractivity (Wildman–Crippen MR) is 62.1 cm³/mol. The summed E-state index contributed by atoms with van der Waals surface area (Å²) in [5, 5.41) is 0. The molecule has 5 heteroatoms. The summed E-state index contributed by atoms with van der Waals surface area (Å²) in [6.07, 6.45) is 0.820. The van der Waals surface area contributed by atoms with E-state index in [4.69, 9.17) is 5.73 Å². The highest BCUT2D eigenvalue weighted by Crippen LogP contribution is 2.17. The molecule has 16 heavy (non-hydrogen) atoms. The maximum atomic E-state index is 13.0. The van der Waals surface area contributed by atoms with Gasteiger partial charge in [-0.3, -0.25) is 4.79 Å². The van der Waals surface area contributed by atoms with Crippen LogP contribution < -0.4 is 5.73 Å². The number of nitrogens with zero attached hydrogens (tertiary/aromatic N) is 1. The summed E-state index contributed by atoms with van der Waals surface area (Å²) < 4.78 is 13.0. The van der Waals surface area contributed by atoms with Gasteiger partial charge in [0.05, 0.1) is 0 Å². The highest BCUT2D eigenvalue weighted by atomic mass is 32.1. The van der Waals surface area contributed by atoms with Crippen LogP contribution in [0.1, 0.15) is 16.8 Å². The average Bonchev–Trinajstić information content (AvgIpc) is 2.68. The molecule has 3 nitrogen and oxygen atoms in total. The van der Waals surface area contributed by atoms with Crippen LogP contribution in [0.25, 0.3) is 0 Å². The molecule has 0 saturated carbocycles. The van der Waals surface area contributed by atoms with Crippen molar-refractivity contribution < 1.29 is 9.18 Å². The van der Waals surface area contributed by atoms with Gasteiger partial charge in [-0.1, -0.05) is 0 Å². The Morgan fingerprint density at radius 2 is 2.31 bits per heavy atom. The third kappa shape index (κ3) is 2.20. The highest BCUT2D eigenvalue weighted by molar-refractivity contribution is 7.80. The zero-order valence-corrected chi connectivity index (χ0v) is 9.58. The Morgan fingerprint density at radius 1 is 1.56 bits per heavy atom. The van der Waals surface area contributed by atoms with Gasteiger partial charge in [0.15, 0.2) is 0 Å². The molecule has 1 amide bonds. The molecular weight excluding hydrogens is 227 g/mol. The summed E-state index contributed by atoms with van der Waals surface area (Å²) in [4.78, 5) is 13.8. The van der Waals surface area contributed by atoms with Gasteiger partial charge in [0.2, 0.25) is 0 Å². The van der Waals surface area contributed by atoms with Gasteiger partial charge in [-0.2, -0.15) is 0 Å². The Hall–Kier alpha value is -1.07. The molecule has 1 atom stereocenters. The van der Waals surface area contributed by atoms with Gasteiger partial charge in [-0.05, 0) is 24.6 Å². The number of halogens is 1. The van der Waals surface area contributed by atoms with E-state index in [1.165, 1.54) is 18.2 Å². The molecule has 0 bridgehead atoms. The third-order valence-corrected chi connectivity index (χ3v) is 3.05. The van der Waals surface area contributed by atoms with E-state index in [0.29, 0.717) is 18.7 Å². The van der Waals surface area contributed by atoms with Crippen LogP contribution in [-0.4, -0.2) is 29.9 Å². The summed E-state index contributed by atoms with van der Waals surface area (Å²) in [6.45, 7) is 1.23. The van der Waals surface area contributed by atoms with Crippen LogP contribution in [-0.2, 0) is 0 Å². The molecule has 2 rings (SSSR count). The van der Waals surface area contributed by atoms with Crippen molar-refractivity contribution in [2.75, 3.05) is 13.1 Å². The van der Waals surface area contributed by atoms with Gasteiger partial charge in [-0.25, -0.2) is 4.39 Å². The van der Waals surface area contributed by atoms with Gasteiger partial charge in [0.1, 0.15) is 5.82 Å². The number of hydrogen-bond acceptors (Lipinski definition) is 3. The molecule has 1 aliphatic rings. The highest BCUT2D eigenvalue weighted by Gasteiger charge is 2.24. The number of thiol groups is 1. The minimum absolute atomic E-state index is 0.0554. The molecule has 0 radical (unpaired) electrons. The molecule has 86 valence electrons. The van der Waals surface area contributed by atoms with E-state index in [0.717, 1.165) is 6.42 Å². The third-order valence-electron chi connectivity index (χ3n) is 2.71. The number of carbonyl (C=O) groups excluding carboxylic acids is 1. The van der Waals surface area contributed by atoms with Crippen LogP contribution in [0.4, 0.5) is 4.39 Å². The van der Waals surface area contributed by atoms with Crippen LogP contribution in [0.5, 0.6) is 0 Å². The second kappa shape index (κ2) is 4.43. The molecular formula is C11H13FN2OS. The fourth-order valence-corrected chi connectivity index (χ4v) is 2.01. The maximum absolute atomic E-state index is 13.0. The normalized spacial score (nSPS) is 20.2. The lowest BCUT2D eigenvalue weighted by Crippen LogP contribution is -2.31. The molecule has 1 heterocycles. The molecule has 0 aromatic heterocycles. The van der Waals surface area contributed by atoms with E-state index in [-0.39, 0.29) is 16.8 Å². The van der Waals surface area contributed by atoms with Crippen LogP contribution in [0, 0.1) is 5.82 Å². The molecule has 1 unspecified atom stereocenters. The number of benzene rings is 1. The average molecular weight is 240 g/mol. The number of likely N-dealkylation sites (tertiary alicyclic amines) is 1. The molecule has 1 aliphatic heterocycles. The van der Waals surface area contributed by atoms with Crippen molar-refractivity contribution >= 4 is 18.5 Å². The number of carbonyl (C=O) groups is 1. The maximum Gasteiger partial charge on any atom is 0.253 e. The molecule has 1 fully saturated rings. The second-order valence-corrected chi connectivity index (χ2v) is 4.45. The van der Waals surface area contributed by atoms with Crippen molar-refractivity contribution in [3.8, 4) is 0 Å². The minimum Gasteiger partial charge on any atom is -0.337 e. The van der Waals surface area contributed by atoms with Crippen molar-refractivity contribution in [3.05, 3.63) is 29.6 Å². The summed E-state index contributed by atoms with van der Waals surface area (Å²) in [5.41, 5.74) is 6.18. The van der Waals surface area contributed by atoms with Crippen molar-refractivity contribution in [3.63, 3.8) is 0 Å². The summed E-state index contributed by atoms with van der Waals surface area (Å²) in [7, 11) is 0. The van der Waals surface area contributed by atoms with Crippen LogP contribution in [0.15, 0.2) is 23.1 Å². The predicted octanol–water partition coefficient (Wildman–Crippen LogP) is 1.29. The Balaban J connectivity index is 2.18. The van der Waals surface area contributed by atoms with Crippen molar-refractivity contribution in [2.24, 2.45) is 5.73 Å². The standard InChI is InChI=1S/C11H13FN2OS/c12-9-2-1-7(5-10(9)16)11(15)14-4-3-8(13)6-14/h1-2,5,8,16H,3-4,6,13H2. The van der Waals surface area contributed by atoms with Gasteiger partial charge in [0, 0.05) is 29.6 Å². The quantitative estimate of drug-likeness (QED) is 0.727. The van der Waals surface area contributed by atoms with Crippen molar-refractivity contribution in [2.45, 2.75) is 17.4 Å². The van der Waals surface area contributed by atoms with Crippen LogP contribution >= 0.6 is 12.6 Å². The van der Waals surface area contributed by atoms with E-state index in [1.807, 2.05) is 0 Å². The van der Waals surface area contributed by atoms with Crippen LogP contribution in [0.2, 0.25) is 0 Å². The van der Waals surface area contributed by atoms with Gasteiger partial charge in [-0.15, -0.1) is 12.6 Å². The van der Waals surface area contributed by atoms with Gasteiger partial charge in [0.25, 0.3) is 5.91 Å². The topological polar surface area (TPSA) is 46.3 Å². The van der Waals surface area contributed by atoms with Gasteiger partial charge >= 0.3 is 0 Å². The zero-order valence-electron chi connectivity index (χ0n) is 8.69. The van der Waals surface area contributed by atoms with E-state index < -0.39 is 5.82 Å². The molecule has 1 aromatic rings. The molecule has 0 aliphatic carbocycles. The molecule has 1 saturated heterocycles. The SMILES string of the molecule is NC1CCN(C(=O)c2ccc(F)c(S)c2)C1. The molecule has 2 N–H and O–H groups in total. The first-order valence-electron chi connectivity index (χ1n) is 5.11. The lowest BCUT2D eigenvalue weighted by Gasteiger charge is -2.15. The van der Waals surface area contributed by atoms with Crippen LogP contribution in [0.3, 0.4) is 0 Å². The van der Waals surface area contributed by atoms with Crippen molar-refractivity contribution in [1.82, 2.24) is 4.90 Å². The summed E-state index contributed by atoms with van der Waals surface area (Å²) in [5.74, 6) is -0.527. The minimum atomic E-state index is -0.419. The van der Waals surface area contributed by atoms with E-state index in [1.54, 1.807) is 4.90 Å². The van der Waals surface area contributed by atoms with Gasteiger partial charge < -0.3 is 10.6 Å². The van der Waals surface area contributed by atoms with E-state index in [9.17, 15) is 9.18 Å². The lowest BCUT2D eigenvalue weighted by molar-refractivity contribution is 0.0790. The number of hydrogen-bond donors (Lipinski definition) is 2. The number of nitrogens with two attached hydrogens (primary N) is 1. The fraction of sp³-hybridized carbons (Fsp3) is 0.364. The lowest BCUT2D eigenvalue weighted by atomic mass is 10.2. The van der Waals surface area contributed by atoms with Crippen molar-refractivity contribution in [1.29, 1.82) is 0 Å². The number of amides is 1. The first-order chi connectivity index (χ1) is 7.58. The first kappa shape index (κ1) is 11.4.